The molecule has 0 aromatic heterocycles. The predicted octanol–water partition coefficient (Wildman–Crippen LogP) is 0.662. The van der Waals surface area contributed by atoms with Crippen molar-refractivity contribution in [3.63, 3.8) is 0 Å². The normalized spacial score (nSPS) is 24.1. The average molecular weight is 113 g/mol. The van der Waals surface area contributed by atoms with Crippen molar-refractivity contribution in [3.8, 4) is 0 Å². The highest BCUT2D eigenvalue weighted by Gasteiger charge is 2.37. The van der Waals surface area contributed by atoms with Crippen LogP contribution in [0.3, 0.4) is 0 Å². The summed E-state index contributed by atoms with van der Waals surface area (Å²) in [5.41, 5.74) is 4.95. The summed E-state index contributed by atoms with van der Waals surface area (Å²) in [6.07, 6.45) is 3.14. The van der Waals surface area contributed by atoms with Gasteiger partial charge in [0.2, 0.25) is 5.91 Å². The maximum Gasteiger partial charge on any atom is 0.223 e. The lowest BCUT2D eigenvalue weighted by Crippen LogP contribution is -2.39. The lowest BCUT2D eigenvalue weighted by atomic mass is 9.70. The number of rotatable bonds is 1. The van der Waals surface area contributed by atoms with Gasteiger partial charge in [0.1, 0.15) is 0 Å². The first-order valence-electron chi connectivity index (χ1n) is 2.95. The number of primary amides is 1. The SMILES string of the molecule is CC1(C(N)=O)CCC1. The van der Waals surface area contributed by atoms with E-state index < -0.39 is 0 Å². The third-order valence-electron chi connectivity index (χ3n) is 2.05. The molecular formula is C6H11NO. The van der Waals surface area contributed by atoms with E-state index in [0.29, 0.717) is 0 Å². The molecule has 0 spiro atoms. The van der Waals surface area contributed by atoms with Crippen molar-refractivity contribution in [2.75, 3.05) is 0 Å². The van der Waals surface area contributed by atoms with Crippen LogP contribution in [-0.4, -0.2) is 5.91 Å². The summed E-state index contributed by atoms with van der Waals surface area (Å²) in [7, 11) is 0. The third kappa shape index (κ3) is 0.602. The van der Waals surface area contributed by atoms with Gasteiger partial charge in [0, 0.05) is 5.41 Å². The van der Waals surface area contributed by atoms with Gasteiger partial charge in [0.15, 0.2) is 0 Å². The van der Waals surface area contributed by atoms with Gasteiger partial charge >= 0.3 is 0 Å². The van der Waals surface area contributed by atoms with Crippen molar-refractivity contribution in [2.24, 2.45) is 11.1 Å². The van der Waals surface area contributed by atoms with E-state index in [0.717, 1.165) is 12.8 Å². The summed E-state index contributed by atoms with van der Waals surface area (Å²) in [4.78, 5) is 10.5. The van der Waals surface area contributed by atoms with Gasteiger partial charge in [-0.1, -0.05) is 13.3 Å². The van der Waals surface area contributed by atoms with Crippen LogP contribution >= 0.6 is 0 Å². The first-order valence-corrected chi connectivity index (χ1v) is 2.95. The molecule has 0 aromatic carbocycles. The molecular weight excluding hydrogens is 102 g/mol. The minimum absolute atomic E-state index is 0.135. The molecule has 46 valence electrons. The molecule has 0 radical (unpaired) electrons. The second-order valence-electron chi connectivity index (χ2n) is 2.78. The molecule has 1 saturated carbocycles. The van der Waals surface area contributed by atoms with Crippen molar-refractivity contribution in [1.29, 1.82) is 0 Å². The highest BCUT2D eigenvalue weighted by atomic mass is 16.1. The first kappa shape index (κ1) is 5.60. The molecule has 2 N–H and O–H groups in total. The highest BCUT2D eigenvalue weighted by Crippen LogP contribution is 2.39. The molecule has 0 atom stereocenters. The van der Waals surface area contributed by atoms with Crippen LogP contribution < -0.4 is 5.73 Å². The molecule has 1 aliphatic carbocycles. The van der Waals surface area contributed by atoms with Gasteiger partial charge in [-0.2, -0.15) is 0 Å². The van der Waals surface area contributed by atoms with Gasteiger partial charge in [-0.25, -0.2) is 0 Å². The van der Waals surface area contributed by atoms with Crippen LogP contribution in [0.1, 0.15) is 26.2 Å². The van der Waals surface area contributed by atoms with Gasteiger partial charge in [-0.15, -0.1) is 0 Å². The number of hydrogen-bond donors (Lipinski definition) is 1. The first-order chi connectivity index (χ1) is 3.65. The monoisotopic (exact) mass is 113 g/mol. The number of carbonyl (C=O) groups excluding carboxylic acids is 1. The summed E-state index contributed by atoms with van der Waals surface area (Å²) in [5, 5.41) is 0. The Kier molecular flexibility index (Phi) is 1.03. The van der Waals surface area contributed by atoms with Crippen LogP contribution in [-0.2, 0) is 4.79 Å². The lowest BCUT2D eigenvalue weighted by molar-refractivity contribution is -0.131. The second kappa shape index (κ2) is 1.47. The Morgan fingerprint density at radius 3 is 2.12 bits per heavy atom. The van der Waals surface area contributed by atoms with Crippen molar-refractivity contribution >= 4 is 5.91 Å². The Hall–Kier alpha value is -0.530. The fourth-order valence-electron chi connectivity index (χ4n) is 0.954. The van der Waals surface area contributed by atoms with E-state index in [2.05, 4.69) is 0 Å². The smallest absolute Gasteiger partial charge is 0.223 e. The number of hydrogen-bond acceptors (Lipinski definition) is 1. The Morgan fingerprint density at radius 1 is 1.62 bits per heavy atom. The number of nitrogens with two attached hydrogens (primary N) is 1. The summed E-state index contributed by atoms with van der Waals surface area (Å²) >= 11 is 0. The van der Waals surface area contributed by atoms with Crippen LogP contribution in [0.15, 0.2) is 0 Å². The average Bonchev–Trinajstić information content (AvgIpc) is 1.60. The van der Waals surface area contributed by atoms with E-state index in [1.807, 2.05) is 6.92 Å². The molecule has 0 saturated heterocycles. The quantitative estimate of drug-likeness (QED) is 0.533. The van der Waals surface area contributed by atoms with Crippen molar-refractivity contribution in [1.82, 2.24) is 0 Å². The Labute approximate surface area is 49.1 Å². The molecule has 1 fully saturated rings. The summed E-state index contributed by atoms with van der Waals surface area (Å²) in [6, 6.07) is 0. The zero-order valence-electron chi connectivity index (χ0n) is 5.11. The van der Waals surface area contributed by atoms with E-state index in [1.165, 1.54) is 6.42 Å². The zero-order chi connectivity index (χ0) is 6.20. The lowest BCUT2D eigenvalue weighted by Gasteiger charge is -2.34. The fourth-order valence-corrected chi connectivity index (χ4v) is 0.954. The van der Waals surface area contributed by atoms with Crippen molar-refractivity contribution < 1.29 is 4.79 Å². The minimum Gasteiger partial charge on any atom is -0.369 e. The van der Waals surface area contributed by atoms with Crippen LogP contribution in [0.2, 0.25) is 0 Å². The Bertz CT molecular complexity index is 116. The molecule has 8 heavy (non-hydrogen) atoms. The van der Waals surface area contributed by atoms with Gasteiger partial charge in [0.25, 0.3) is 0 Å². The zero-order valence-corrected chi connectivity index (χ0v) is 5.11. The molecule has 1 rings (SSSR count). The topological polar surface area (TPSA) is 43.1 Å². The van der Waals surface area contributed by atoms with E-state index in [1.54, 1.807) is 0 Å². The van der Waals surface area contributed by atoms with Crippen LogP contribution in [0.25, 0.3) is 0 Å². The Morgan fingerprint density at radius 2 is 2.12 bits per heavy atom. The summed E-state index contributed by atoms with van der Waals surface area (Å²) in [6.45, 7) is 1.93. The molecule has 0 heterocycles. The minimum atomic E-state index is -0.139. The molecule has 2 heteroatoms. The standard InChI is InChI=1S/C6H11NO/c1-6(5(7)8)3-2-4-6/h2-4H2,1H3,(H2,7,8). The third-order valence-corrected chi connectivity index (χ3v) is 2.05. The largest absolute Gasteiger partial charge is 0.369 e. The van der Waals surface area contributed by atoms with E-state index >= 15 is 0 Å². The van der Waals surface area contributed by atoms with Crippen molar-refractivity contribution in [2.45, 2.75) is 26.2 Å². The van der Waals surface area contributed by atoms with Gasteiger partial charge < -0.3 is 5.73 Å². The summed E-state index contributed by atoms with van der Waals surface area (Å²) in [5.74, 6) is -0.135. The van der Waals surface area contributed by atoms with Gasteiger partial charge in [-0.05, 0) is 12.8 Å². The number of carbonyl (C=O) groups is 1. The predicted molar refractivity (Wildman–Crippen MR) is 31.2 cm³/mol. The molecule has 2 nitrogen and oxygen atoms in total. The Balaban J connectivity index is 2.53. The fraction of sp³-hybridized carbons (Fsp3) is 0.833. The van der Waals surface area contributed by atoms with E-state index in [4.69, 9.17) is 5.73 Å². The maximum atomic E-state index is 10.5. The summed E-state index contributed by atoms with van der Waals surface area (Å²) < 4.78 is 0. The van der Waals surface area contributed by atoms with Crippen LogP contribution in [0.5, 0.6) is 0 Å². The maximum absolute atomic E-state index is 10.5. The van der Waals surface area contributed by atoms with Gasteiger partial charge in [0.05, 0.1) is 0 Å². The molecule has 0 aromatic rings. The van der Waals surface area contributed by atoms with E-state index in [9.17, 15) is 4.79 Å². The molecule has 1 amide bonds. The highest BCUT2D eigenvalue weighted by molar-refractivity contribution is 5.81. The van der Waals surface area contributed by atoms with Crippen LogP contribution in [0, 0.1) is 5.41 Å². The number of amides is 1. The molecule has 1 aliphatic rings. The molecule has 0 unspecified atom stereocenters. The van der Waals surface area contributed by atoms with Crippen molar-refractivity contribution in [3.05, 3.63) is 0 Å². The molecule has 0 bridgehead atoms. The van der Waals surface area contributed by atoms with Gasteiger partial charge in [-0.3, -0.25) is 4.79 Å². The second-order valence-corrected chi connectivity index (χ2v) is 2.78. The molecule has 0 aliphatic heterocycles. The van der Waals surface area contributed by atoms with E-state index in [-0.39, 0.29) is 11.3 Å². The van der Waals surface area contributed by atoms with Crippen LogP contribution in [0.4, 0.5) is 0 Å².